The first-order valence-corrected chi connectivity index (χ1v) is 10.9. The van der Waals surface area contributed by atoms with Crippen molar-refractivity contribution >= 4 is 44.3 Å². The number of carbonyl (C=O) groups is 1. The average Bonchev–Trinajstić information content (AvgIpc) is 3.22. The van der Waals surface area contributed by atoms with Gasteiger partial charge in [-0.25, -0.2) is 4.98 Å². The molecule has 0 unspecified atom stereocenters. The van der Waals surface area contributed by atoms with Crippen LogP contribution in [0.1, 0.15) is 42.1 Å². The fourth-order valence-electron chi connectivity index (χ4n) is 3.31. The summed E-state index contributed by atoms with van der Waals surface area (Å²) >= 11 is 3.27. The number of hydrogen-bond donors (Lipinski definition) is 1. The molecule has 0 saturated heterocycles. The van der Waals surface area contributed by atoms with E-state index >= 15 is 0 Å². The summed E-state index contributed by atoms with van der Waals surface area (Å²) in [7, 11) is 0. The largest absolute Gasteiger partial charge is 0.436 e. The third kappa shape index (κ3) is 4.40. The van der Waals surface area contributed by atoms with Crippen LogP contribution in [0.25, 0.3) is 22.6 Å². The number of non-ortho nitro benzene ring substituents is 1. The quantitative estimate of drug-likeness (QED) is 0.232. The molecule has 0 fully saturated rings. The minimum atomic E-state index is -0.537. The molecule has 32 heavy (non-hydrogen) atoms. The Kier molecular flexibility index (Phi) is 6.05. The maximum absolute atomic E-state index is 12.6. The van der Waals surface area contributed by atoms with Crippen LogP contribution < -0.4 is 5.32 Å². The number of oxazole rings is 1. The number of hydrogen-bond acceptors (Lipinski definition) is 5. The fraction of sp³-hybridized carbons (Fsp3) is 0.167. The van der Waals surface area contributed by atoms with Crippen molar-refractivity contribution in [3.8, 4) is 11.5 Å². The van der Waals surface area contributed by atoms with Crippen LogP contribution in [-0.2, 0) is 0 Å². The third-order valence-electron chi connectivity index (χ3n) is 5.39. The molecule has 1 amide bonds. The molecule has 4 rings (SSSR count). The Hall–Kier alpha value is -3.52. The van der Waals surface area contributed by atoms with E-state index in [2.05, 4.69) is 52.2 Å². The zero-order valence-electron chi connectivity index (χ0n) is 17.5. The lowest BCUT2D eigenvalue weighted by Crippen LogP contribution is -2.12. The van der Waals surface area contributed by atoms with Crippen LogP contribution in [0.2, 0.25) is 0 Å². The van der Waals surface area contributed by atoms with Gasteiger partial charge in [0.05, 0.1) is 10.5 Å². The maximum Gasteiger partial charge on any atom is 0.270 e. The van der Waals surface area contributed by atoms with Gasteiger partial charge in [-0.1, -0.05) is 19.9 Å². The number of aromatic nitrogens is 1. The van der Waals surface area contributed by atoms with Gasteiger partial charge in [0.15, 0.2) is 5.58 Å². The van der Waals surface area contributed by atoms with Gasteiger partial charge in [0.1, 0.15) is 5.52 Å². The van der Waals surface area contributed by atoms with Crippen LogP contribution >= 0.6 is 15.9 Å². The van der Waals surface area contributed by atoms with E-state index < -0.39 is 10.8 Å². The van der Waals surface area contributed by atoms with Gasteiger partial charge >= 0.3 is 0 Å². The first kappa shape index (κ1) is 21.7. The number of anilines is 1. The Bertz CT molecular complexity index is 1310. The molecule has 4 aromatic rings. The molecular formula is C24H20BrN3O4. The maximum atomic E-state index is 12.6. The zero-order chi connectivity index (χ0) is 22.8. The first-order valence-electron chi connectivity index (χ1n) is 10.1. The molecule has 162 valence electrons. The number of nitro groups is 1. The summed E-state index contributed by atoms with van der Waals surface area (Å²) < 4.78 is 6.37. The van der Waals surface area contributed by atoms with E-state index in [1.54, 1.807) is 24.3 Å². The average molecular weight is 494 g/mol. The van der Waals surface area contributed by atoms with Crippen LogP contribution in [0.15, 0.2) is 69.6 Å². The molecule has 8 heteroatoms. The molecule has 0 aliphatic heterocycles. The predicted octanol–water partition coefficient (Wildman–Crippen LogP) is 6.93. The molecule has 0 radical (unpaired) electrons. The fourth-order valence-corrected chi connectivity index (χ4v) is 3.73. The zero-order valence-corrected chi connectivity index (χ0v) is 19.0. The Morgan fingerprint density at radius 3 is 2.59 bits per heavy atom. The van der Waals surface area contributed by atoms with Crippen LogP contribution in [0, 0.1) is 10.1 Å². The van der Waals surface area contributed by atoms with Crippen molar-refractivity contribution in [2.75, 3.05) is 5.32 Å². The van der Waals surface area contributed by atoms with Crippen molar-refractivity contribution in [1.82, 2.24) is 4.98 Å². The number of halogens is 1. The van der Waals surface area contributed by atoms with E-state index in [0.717, 1.165) is 23.1 Å². The number of carbonyl (C=O) groups excluding carboxylic acids is 1. The second kappa shape index (κ2) is 8.92. The molecule has 1 aromatic heterocycles. The molecule has 7 nitrogen and oxygen atoms in total. The second-order valence-corrected chi connectivity index (χ2v) is 8.36. The second-order valence-electron chi connectivity index (χ2n) is 7.51. The molecular weight excluding hydrogens is 474 g/mol. The van der Waals surface area contributed by atoms with Gasteiger partial charge in [-0.2, -0.15) is 0 Å². The highest BCUT2D eigenvalue weighted by Crippen LogP contribution is 2.29. The summed E-state index contributed by atoms with van der Waals surface area (Å²) in [5, 5.41) is 13.7. The number of benzene rings is 3. The molecule has 0 aliphatic carbocycles. The molecule has 0 aliphatic rings. The Morgan fingerprint density at radius 1 is 1.16 bits per heavy atom. The van der Waals surface area contributed by atoms with Gasteiger partial charge < -0.3 is 9.73 Å². The molecule has 0 saturated carbocycles. The number of nitrogens with zero attached hydrogens (tertiary/aromatic N) is 2. The Morgan fingerprint density at radius 2 is 1.91 bits per heavy atom. The third-order valence-corrected chi connectivity index (χ3v) is 6.08. The van der Waals surface area contributed by atoms with Gasteiger partial charge in [-0.05, 0) is 76.3 Å². The van der Waals surface area contributed by atoms with Gasteiger partial charge in [0, 0.05) is 27.9 Å². The standard InChI is InChI=1S/C24H20BrN3O4/c1-3-14(2)16-6-11-22-21(12-16)27-24(32-22)15-4-7-17(8-5-15)26-23(29)19-13-18(28(30)31)9-10-20(19)25/h4-14H,3H2,1-2H3,(H,26,29)/t14-/m0/s1. The predicted molar refractivity (Wildman–Crippen MR) is 127 cm³/mol. The lowest BCUT2D eigenvalue weighted by molar-refractivity contribution is -0.384. The minimum absolute atomic E-state index is 0.152. The number of fused-ring (bicyclic) bond motifs is 1. The summed E-state index contributed by atoms with van der Waals surface area (Å²) in [5.41, 5.74) is 4.12. The highest BCUT2D eigenvalue weighted by molar-refractivity contribution is 9.10. The van der Waals surface area contributed by atoms with Crippen LogP contribution in [0.3, 0.4) is 0 Å². The topological polar surface area (TPSA) is 98.3 Å². The smallest absolute Gasteiger partial charge is 0.270 e. The summed E-state index contributed by atoms with van der Waals surface area (Å²) in [6, 6.07) is 17.2. The molecule has 3 aromatic carbocycles. The molecule has 0 bridgehead atoms. The van der Waals surface area contributed by atoms with Crippen LogP contribution in [0.5, 0.6) is 0 Å². The van der Waals surface area contributed by atoms with E-state index in [9.17, 15) is 14.9 Å². The number of amides is 1. The van der Waals surface area contributed by atoms with Crippen LogP contribution in [-0.4, -0.2) is 15.8 Å². The molecule has 1 atom stereocenters. The molecule has 1 N–H and O–H groups in total. The number of rotatable bonds is 6. The minimum Gasteiger partial charge on any atom is -0.436 e. The molecule has 1 heterocycles. The van der Waals surface area contributed by atoms with Crippen molar-refractivity contribution < 1.29 is 14.1 Å². The highest BCUT2D eigenvalue weighted by atomic mass is 79.9. The normalized spacial score (nSPS) is 12.0. The van der Waals surface area contributed by atoms with E-state index in [1.165, 1.54) is 23.8 Å². The van der Waals surface area contributed by atoms with Crippen molar-refractivity contribution in [3.63, 3.8) is 0 Å². The summed E-state index contributed by atoms with van der Waals surface area (Å²) in [4.78, 5) is 27.7. The van der Waals surface area contributed by atoms with Gasteiger partial charge in [0.2, 0.25) is 5.89 Å². The summed E-state index contributed by atoms with van der Waals surface area (Å²) in [6.45, 7) is 4.34. The summed E-state index contributed by atoms with van der Waals surface area (Å²) in [6.07, 6.45) is 1.05. The monoisotopic (exact) mass is 493 g/mol. The van der Waals surface area contributed by atoms with Crippen molar-refractivity contribution in [2.45, 2.75) is 26.2 Å². The molecule has 0 spiro atoms. The van der Waals surface area contributed by atoms with E-state index in [0.29, 0.717) is 22.0 Å². The van der Waals surface area contributed by atoms with E-state index in [-0.39, 0.29) is 11.3 Å². The van der Waals surface area contributed by atoms with Gasteiger partial charge in [-0.3, -0.25) is 14.9 Å². The van der Waals surface area contributed by atoms with E-state index in [4.69, 9.17) is 4.42 Å². The number of nitrogens with one attached hydrogen (secondary N) is 1. The highest BCUT2D eigenvalue weighted by Gasteiger charge is 2.16. The summed E-state index contributed by atoms with van der Waals surface area (Å²) in [5.74, 6) is 0.502. The van der Waals surface area contributed by atoms with E-state index in [1.807, 2.05) is 6.07 Å². The van der Waals surface area contributed by atoms with Gasteiger partial charge in [-0.15, -0.1) is 0 Å². The van der Waals surface area contributed by atoms with Gasteiger partial charge in [0.25, 0.3) is 11.6 Å². The van der Waals surface area contributed by atoms with Crippen molar-refractivity contribution in [3.05, 3.63) is 86.4 Å². The SMILES string of the molecule is CC[C@H](C)c1ccc2oc(-c3ccc(NC(=O)c4cc([N+](=O)[O-])ccc4Br)cc3)nc2c1. The first-order chi connectivity index (χ1) is 15.4. The lowest BCUT2D eigenvalue weighted by atomic mass is 9.98. The van der Waals surface area contributed by atoms with Crippen molar-refractivity contribution in [2.24, 2.45) is 0 Å². The number of nitro benzene ring substituents is 1. The Labute approximate surface area is 192 Å². The van der Waals surface area contributed by atoms with Crippen molar-refractivity contribution in [1.29, 1.82) is 0 Å². The lowest BCUT2D eigenvalue weighted by Gasteiger charge is -2.07. The van der Waals surface area contributed by atoms with Crippen LogP contribution in [0.4, 0.5) is 11.4 Å². The Balaban J connectivity index is 1.54.